The van der Waals surface area contributed by atoms with E-state index in [0.717, 1.165) is 6.08 Å². The van der Waals surface area contributed by atoms with Crippen LogP contribution in [0.5, 0.6) is 0 Å². The molecule has 1 atom stereocenters. The Morgan fingerprint density at radius 3 is 2.90 bits per heavy atom. The molecule has 0 aromatic carbocycles. The van der Waals surface area contributed by atoms with E-state index in [4.69, 9.17) is 5.73 Å². The number of nitrogens with zero attached hydrogens (tertiary/aromatic N) is 4. The van der Waals surface area contributed by atoms with Crippen molar-refractivity contribution >= 4 is 11.9 Å². The van der Waals surface area contributed by atoms with E-state index in [-0.39, 0.29) is 18.3 Å². The van der Waals surface area contributed by atoms with Gasteiger partial charge in [-0.05, 0) is 18.2 Å². The molecule has 108 valence electrons. The van der Waals surface area contributed by atoms with Crippen LogP contribution in [0.25, 0.3) is 5.82 Å². The molecular weight excluding hydrogens is 278 g/mol. The van der Waals surface area contributed by atoms with Crippen molar-refractivity contribution in [2.24, 2.45) is 0 Å². The first-order valence-electron chi connectivity index (χ1n) is 6.25. The number of allylic oxidation sites excluding steroid dienone is 2. The first-order chi connectivity index (χ1) is 10.1. The third-order valence-corrected chi connectivity index (χ3v) is 2.88. The van der Waals surface area contributed by atoms with Gasteiger partial charge in [0.25, 0.3) is 0 Å². The molecule has 21 heavy (non-hydrogen) atoms. The molecule has 0 fully saturated rings. The molecule has 2 aromatic rings. The Balaban J connectivity index is 1.81. The summed E-state index contributed by atoms with van der Waals surface area (Å²) in [6.45, 7) is 0. The van der Waals surface area contributed by atoms with E-state index >= 15 is 0 Å². The van der Waals surface area contributed by atoms with Crippen LogP contribution in [-0.4, -0.2) is 25.8 Å². The molecule has 2 heterocycles. The molecule has 0 amide bonds. The van der Waals surface area contributed by atoms with Gasteiger partial charge in [-0.1, -0.05) is 6.07 Å². The number of rotatable bonds is 3. The summed E-state index contributed by atoms with van der Waals surface area (Å²) in [5, 5.41) is 6.96. The molecule has 6 nitrogen and oxygen atoms in total. The van der Waals surface area contributed by atoms with Crippen molar-refractivity contribution in [2.75, 3.05) is 11.1 Å². The van der Waals surface area contributed by atoms with Crippen molar-refractivity contribution in [1.82, 2.24) is 19.7 Å². The van der Waals surface area contributed by atoms with Gasteiger partial charge >= 0.3 is 0 Å². The number of pyridine rings is 1. The molecule has 2 aromatic heterocycles. The lowest BCUT2D eigenvalue weighted by atomic mass is 10.1. The van der Waals surface area contributed by atoms with Crippen molar-refractivity contribution in [3.8, 4) is 5.82 Å². The number of anilines is 2. The van der Waals surface area contributed by atoms with Gasteiger partial charge in [0.2, 0.25) is 11.9 Å². The number of halogens is 2. The molecular formula is C13H12F2N6. The van der Waals surface area contributed by atoms with E-state index in [0.29, 0.717) is 5.82 Å². The number of hydrogen-bond donors (Lipinski definition) is 2. The normalized spacial score (nSPS) is 18.1. The second-order valence-electron chi connectivity index (χ2n) is 4.49. The minimum atomic E-state index is -0.631. The first kappa shape index (κ1) is 13.2. The van der Waals surface area contributed by atoms with E-state index < -0.39 is 17.7 Å². The lowest BCUT2D eigenvalue weighted by molar-refractivity contribution is 0.543. The summed E-state index contributed by atoms with van der Waals surface area (Å²) >= 11 is 0. The first-order valence-corrected chi connectivity index (χ1v) is 6.25. The smallest absolute Gasteiger partial charge is 0.244 e. The molecule has 0 spiro atoms. The van der Waals surface area contributed by atoms with Gasteiger partial charge in [-0.3, -0.25) is 0 Å². The Kier molecular flexibility index (Phi) is 3.35. The quantitative estimate of drug-likeness (QED) is 0.905. The number of nitrogens with one attached hydrogen (secondary N) is 1. The average Bonchev–Trinajstić information content (AvgIpc) is 2.79. The third-order valence-electron chi connectivity index (χ3n) is 2.88. The maximum atomic E-state index is 13.2. The van der Waals surface area contributed by atoms with Crippen LogP contribution < -0.4 is 11.1 Å². The van der Waals surface area contributed by atoms with Crippen LogP contribution in [-0.2, 0) is 0 Å². The predicted octanol–water partition coefficient (Wildman–Crippen LogP) is 2.14. The Hall–Kier alpha value is -2.77. The Labute approximate surface area is 119 Å². The fraction of sp³-hybridized carbons (Fsp3) is 0.154. The summed E-state index contributed by atoms with van der Waals surface area (Å²) in [5.74, 6) is -0.348. The van der Waals surface area contributed by atoms with Crippen LogP contribution in [0, 0.1) is 0 Å². The van der Waals surface area contributed by atoms with Crippen LogP contribution in [0.3, 0.4) is 0 Å². The van der Waals surface area contributed by atoms with Gasteiger partial charge in [0.1, 0.15) is 11.7 Å². The van der Waals surface area contributed by atoms with Gasteiger partial charge in [0.15, 0.2) is 5.82 Å². The van der Waals surface area contributed by atoms with Crippen molar-refractivity contribution in [3.05, 3.63) is 48.2 Å². The molecule has 3 rings (SSSR count). The number of nitrogen functional groups attached to an aromatic ring is 1. The summed E-state index contributed by atoms with van der Waals surface area (Å²) in [5.41, 5.74) is 5.77. The van der Waals surface area contributed by atoms with Crippen molar-refractivity contribution in [3.63, 3.8) is 0 Å². The summed E-state index contributed by atoms with van der Waals surface area (Å²) in [6, 6.07) is 4.71. The van der Waals surface area contributed by atoms with Crippen molar-refractivity contribution in [2.45, 2.75) is 12.5 Å². The fourth-order valence-corrected chi connectivity index (χ4v) is 2.01. The van der Waals surface area contributed by atoms with Gasteiger partial charge < -0.3 is 11.1 Å². The molecule has 0 aliphatic heterocycles. The van der Waals surface area contributed by atoms with E-state index in [1.807, 2.05) is 0 Å². The second kappa shape index (κ2) is 5.31. The standard InChI is InChI=1S/C13H12F2N6/c14-8-5-9(15)7-10(6-8)18-13-19-12(16)21(20-13)11-3-1-2-4-17-11/h1-6,10H,7H2,(H3,16,18,19,20). The maximum absolute atomic E-state index is 13.2. The molecule has 0 saturated carbocycles. The highest BCUT2D eigenvalue weighted by molar-refractivity contribution is 5.40. The van der Waals surface area contributed by atoms with Crippen LogP contribution in [0.2, 0.25) is 0 Å². The van der Waals surface area contributed by atoms with E-state index in [2.05, 4.69) is 20.4 Å². The summed E-state index contributed by atoms with van der Waals surface area (Å²) < 4.78 is 27.7. The third kappa shape index (κ3) is 2.88. The Morgan fingerprint density at radius 2 is 2.19 bits per heavy atom. The van der Waals surface area contributed by atoms with Gasteiger partial charge in [-0.25, -0.2) is 13.8 Å². The molecule has 0 radical (unpaired) electrons. The zero-order valence-corrected chi connectivity index (χ0v) is 10.9. The SMILES string of the molecule is Nc1nc(NC2C=C(F)C=C(F)C2)nn1-c1ccccn1. The highest BCUT2D eigenvalue weighted by Crippen LogP contribution is 2.22. The van der Waals surface area contributed by atoms with Gasteiger partial charge in [-0.2, -0.15) is 9.67 Å². The average molecular weight is 290 g/mol. The zero-order chi connectivity index (χ0) is 14.8. The number of hydrogen-bond acceptors (Lipinski definition) is 5. The molecule has 1 unspecified atom stereocenters. The molecule has 0 bridgehead atoms. The van der Waals surface area contributed by atoms with Crippen molar-refractivity contribution < 1.29 is 8.78 Å². The second-order valence-corrected chi connectivity index (χ2v) is 4.49. The highest BCUT2D eigenvalue weighted by Gasteiger charge is 2.18. The van der Waals surface area contributed by atoms with Gasteiger partial charge in [0.05, 0.1) is 6.04 Å². The molecule has 8 heteroatoms. The van der Waals surface area contributed by atoms with E-state index in [9.17, 15) is 8.78 Å². The lowest BCUT2D eigenvalue weighted by Crippen LogP contribution is -2.20. The molecule has 1 aliphatic rings. The van der Waals surface area contributed by atoms with Crippen LogP contribution in [0.15, 0.2) is 48.2 Å². The van der Waals surface area contributed by atoms with Crippen LogP contribution >= 0.6 is 0 Å². The highest BCUT2D eigenvalue weighted by atomic mass is 19.1. The minimum absolute atomic E-state index is 0.0332. The van der Waals surface area contributed by atoms with Gasteiger partial charge in [0, 0.05) is 18.7 Å². The predicted molar refractivity (Wildman–Crippen MR) is 74.0 cm³/mol. The molecule has 1 aliphatic carbocycles. The van der Waals surface area contributed by atoms with Crippen LogP contribution in [0.1, 0.15) is 6.42 Å². The van der Waals surface area contributed by atoms with Crippen LogP contribution in [0.4, 0.5) is 20.7 Å². The lowest BCUT2D eigenvalue weighted by Gasteiger charge is -2.15. The van der Waals surface area contributed by atoms with Gasteiger partial charge in [-0.15, -0.1) is 5.10 Å². The van der Waals surface area contributed by atoms with E-state index in [1.165, 1.54) is 10.8 Å². The maximum Gasteiger partial charge on any atom is 0.244 e. The largest absolute Gasteiger partial charge is 0.368 e. The Bertz CT molecular complexity index is 707. The summed E-state index contributed by atoms with van der Waals surface area (Å²) in [7, 11) is 0. The Morgan fingerprint density at radius 1 is 1.33 bits per heavy atom. The van der Waals surface area contributed by atoms with E-state index in [1.54, 1.807) is 24.4 Å². The summed E-state index contributed by atoms with van der Waals surface area (Å²) in [4.78, 5) is 8.12. The fourth-order valence-electron chi connectivity index (χ4n) is 2.01. The monoisotopic (exact) mass is 290 g/mol. The topological polar surface area (TPSA) is 81.6 Å². The minimum Gasteiger partial charge on any atom is -0.368 e. The molecule has 3 N–H and O–H groups in total. The summed E-state index contributed by atoms with van der Waals surface area (Å²) in [6.07, 6.45) is 3.75. The molecule has 0 saturated heterocycles. The zero-order valence-electron chi connectivity index (χ0n) is 10.9. The number of aromatic nitrogens is 4. The number of nitrogens with two attached hydrogens (primary N) is 1. The van der Waals surface area contributed by atoms with Crippen molar-refractivity contribution in [1.29, 1.82) is 0 Å².